The lowest BCUT2D eigenvalue weighted by Gasteiger charge is -2.19. The van der Waals surface area contributed by atoms with Crippen LogP contribution in [0.15, 0.2) is 59.5 Å². The molecule has 4 atom stereocenters. The zero-order valence-electron chi connectivity index (χ0n) is 17.5. The molecular formula is C22H30N2O3S2. The molecule has 2 aromatic rings. The zero-order chi connectivity index (χ0) is 21.2. The third-order valence-corrected chi connectivity index (χ3v) is 8.44. The number of rotatable bonds is 8. The standard InChI is InChI=1S/C22H30N2O3S2/c1-17-12-14-19(15-13-17)29(26,27)23-16-8-11-20-21(18-9-6-5-7-10-18)24(20)28(25)22(2,3)4/h5-7,9-10,12-15,20-21,23H,8,11,16H2,1-4H3/t20-,21+,24?,28?/m0/s1. The van der Waals surface area contributed by atoms with Crippen LogP contribution in [0.25, 0.3) is 0 Å². The summed E-state index contributed by atoms with van der Waals surface area (Å²) < 4.78 is 42.2. The fourth-order valence-electron chi connectivity index (χ4n) is 3.42. The smallest absolute Gasteiger partial charge is 0.240 e. The second-order valence-corrected chi connectivity index (χ2v) is 12.4. The Morgan fingerprint density at radius 1 is 1.03 bits per heavy atom. The summed E-state index contributed by atoms with van der Waals surface area (Å²) in [7, 11) is -4.60. The monoisotopic (exact) mass is 434 g/mol. The van der Waals surface area contributed by atoms with Gasteiger partial charge in [-0.05, 0) is 58.2 Å². The number of aryl methyl sites for hydroxylation is 1. The van der Waals surface area contributed by atoms with Gasteiger partial charge in [0.05, 0.1) is 15.7 Å². The molecule has 158 valence electrons. The zero-order valence-corrected chi connectivity index (χ0v) is 19.1. The van der Waals surface area contributed by atoms with Gasteiger partial charge in [-0.1, -0.05) is 48.0 Å². The van der Waals surface area contributed by atoms with E-state index in [0.29, 0.717) is 13.0 Å². The van der Waals surface area contributed by atoms with E-state index in [4.69, 9.17) is 0 Å². The summed E-state index contributed by atoms with van der Waals surface area (Å²) in [5.74, 6) is 0. The first-order valence-corrected chi connectivity index (χ1v) is 12.5. The number of sulfonamides is 1. The molecule has 1 aliphatic rings. The Hall–Kier alpha value is -1.54. The van der Waals surface area contributed by atoms with Crippen molar-refractivity contribution in [1.29, 1.82) is 0 Å². The van der Waals surface area contributed by atoms with Crippen LogP contribution in [0.3, 0.4) is 0 Å². The normalized spacial score (nSPS) is 23.0. The quantitative estimate of drug-likeness (QED) is 0.505. The van der Waals surface area contributed by atoms with Gasteiger partial charge in [0.15, 0.2) is 0 Å². The number of nitrogens with one attached hydrogen (secondary N) is 1. The van der Waals surface area contributed by atoms with Crippen LogP contribution in [0, 0.1) is 6.92 Å². The molecule has 0 bridgehead atoms. The highest BCUT2D eigenvalue weighted by molar-refractivity contribution is 7.89. The van der Waals surface area contributed by atoms with E-state index in [1.807, 2.05) is 45.9 Å². The second-order valence-electron chi connectivity index (χ2n) is 8.50. The highest BCUT2D eigenvalue weighted by Gasteiger charge is 2.53. The van der Waals surface area contributed by atoms with E-state index < -0.39 is 21.0 Å². The Morgan fingerprint density at radius 3 is 2.24 bits per heavy atom. The van der Waals surface area contributed by atoms with Gasteiger partial charge in [0.25, 0.3) is 0 Å². The summed E-state index contributed by atoms with van der Waals surface area (Å²) in [6.45, 7) is 8.24. The van der Waals surface area contributed by atoms with Crippen molar-refractivity contribution in [3.8, 4) is 0 Å². The first-order chi connectivity index (χ1) is 13.6. The first-order valence-electron chi connectivity index (χ1n) is 9.93. The maximum atomic E-state index is 13.0. The Bertz CT molecular complexity index is 952. The predicted molar refractivity (Wildman–Crippen MR) is 118 cm³/mol. The van der Waals surface area contributed by atoms with Crippen molar-refractivity contribution in [2.75, 3.05) is 6.54 Å². The molecule has 3 rings (SSSR count). The summed E-state index contributed by atoms with van der Waals surface area (Å²) in [5, 5.41) is 0. The molecule has 0 spiro atoms. The second kappa shape index (κ2) is 8.68. The Kier molecular flexibility index (Phi) is 6.63. The van der Waals surface area contributed by atoms with Gasteiger partial charge in [0, 0.05) is 12.6 Å². The van der Waals surface area contributed by atoms with Crippen molar-refractivity contribution >= 4 is 21.0 Å². The minimum absolute atomic E-state index is 0.130. The molecule has 0 aromatic heterocycles. The van der Waals surface area contributed by atoms with Crippen LogP contribution in [0.1, 0.15) is 50.8 Å². The molecule has 0 amide bonds. The molecule has 2 unspecified atom stereocenters. The molecule has 2 aromatic carbocycles. The van der Waals surface area contributed by atoms with Crippen molar-refractivity contribution in [3.63, 3.8) is 0 Å². The Morgan fingerprint density at radius 2 is 1.66 bits per heavy atom. The molecule has 1 saturated heterocycles. The number of hydrogen-bond donors (Lipinski definition) is 1. The average molecular weight is 435 g/mol. The molecular weight excluding hydrogens is 404 g/mol. The molecule has 29 heavy (non-hydrogen) atoms. The molecule has 1 heterocycles. The third-order valence-electron chi connectivity index (χ3n) is 5.03. The van der Waals surface area contributed by atoms with E-state index >= 15 is 0 Å². The molecule has 0 aliphatic carbocycles. The van der Waals surface area contributed by atoms with E-state index in [0.717, 1.165) is 17.5 Å². The Balaban J connectivity index is 1.60. The van der Waals surface area contributed by atoms with Gasteiger partial charge in [-0.2, -0.15) is 0 Å². The summed E-state index contributed by atoms with van der Waals surface area (Å²) >= 11 is 0. The van der Waals surface area contributed by atoms with Crippen LogP contribution in [-0.4, -0.2) is 34.3 Å². The highest BCUT2D eigenvalue weighted by Crippen LogP contribution is 2.48. The van der Waals surface area contributed by atoms with Crippen LogP contribution in [-0.2, 0) is 21.0 Å². The van der Waals surface area contributed by atoms with E-state index in [1.54, 1.807) is 24.3 Å². The van der Waals surface area contributed by atoms with E-state index in [1.165, 1.54) is 0 Å². The average Bonchev–Trinajstić information content (AvgIpc) is 3.39. The third kappa shape index (κ3) is 5.34. The van der Waals surface area contributed by atoms with Gasteiger partial charge in [0.1, 0.15) is 11.0 Å². The minimum Gasteiger partial charge on any atom is -0.242 e. The summed E-state index contributed by atoms with van der Waals surface area (Å²) in [6, 6.07) is 17.2. The number of hydrogen-bond acceptors (Lipinski definition) is 3. The van der Waals surface area contributed by atoms with Crippen LogP contribution < -0.4 is 4.72 Å². The Labute approximate surface area is 177 Å². The van der Waals surface area contributed by atoms with Gasteiger partial charge >= 0.3 is 0 Å². The fraction of sp³-hybridized carbons (Fsp3) is 0.455. The van der Waals surface area contributed by atoms with E-state index in [2.05, 4.69) is 21.2 Å². The summed E-state index contributed by atoms with van der Waals surface area (Å²) in [5.41, 5.74) is 2.19. The van der Waals surface area contributed by atoms with Crippen molar-refractivity contribution in [2.45, 2.75) is 62.3 Å². The van der Waals surface area contributed by atoms with Gasteiger partial charge in [0.2, 0.25) is 10.0 Å². The van der Waals surface area contributed by atoms with Crippen LogP contribution >= 0.6 is 0 Å². The van der Waals surface area contributed by atoms with Gasteiger partial charge in [-0.25, -0.2) is 21.7 Å². The van der Waals surface area contributed by atoms with Gasteiger partial charge in [-0.15, -0.1) is 0 Å². The van der Waals surface area contributed by atoms with Gasteiger partial charge < -0.3 is 0 Å². The lowest BCUT2D eigenvalue weighted by molar-refractivity contribution is 0.567. The van der Waals surface area contributed by atoms with Crippen molar-refractivity contribution in [2.24, 2.45) is 0 Å². The first kappa shape index (κ1) is 22.2. The topological polar surface area (TPSA) is 66.2 Å². The molecule has 1 fully saturated rings. The van der Waals surface area contributed by atoms with Crippen LogP contribution in [0.5, 0.6) is 0 Å². The predicted octanol–water partition coefficient (Wildman–Crippen LogP) is 3.94. The molecule has 1 aliphatic heterocycles. The van der Waals surface area contributed by atoms with Crippen molar-refractivity contribution in [1.82, 2.24) is 9.03 Å². The van der Waals surface area contributed by atoms with E-state index in [-0.39, 0.29) is 21.7 Å². The molecule has 7 heteroatoms. The minimum atomic E-state index is -3.50. The molecule has 5 nitrogen and oxygen atoms in total. The fourth-order valence-corrected chi connectivity index (χ4v) is 6.01. The molecule has 1 N–H and O–H groups in total. The van der Waals surface area contributed by atoms with Gasteiger partial charge in [-0.3, -0.25) is 0 Å². The van der Waals surface area contributed by atoms with Crippen LogP contribution in [0.4, 0.5) is 0 Å². The molecule has 0 saturated carbocycles. The van der Waals surface area contributed by atoms with E-state index in [9.17, 15) is 12.6 Å². The summed E-state index contributed by atoms with van der Waals surface area (Å²) in [6.07, 6.45) is 1.48. The highest BCUT2D eigenvalue weighted by atomic mass is 32.2. The lowest BCUT2D eigenvalue weighted by atomic mass is 10.1. The SMILES string of the molecule is Cc1ccc(S(=O)(=O)NCCC[C@H]2[C@@H](c3ccccc3)N2S(=O)C(C)(C)C)cc1. The summed E-state index contributed by atoms with van der Waals surface area (Å²) in [4.78, 5) is 0.284. The van der Waals surface area contributed by atoms with Crippen molar-refractivity contribution < 1.29 is 12.6 Å². The number of nitrogens with zero attached hydrogens (tertiary/aromatic N) is 1. The largest absolute Gasteiger partial charge is 0.242 e. The maximum absolute atomic E-state index is 13.0. The van der Waals surface area contributed by atoms with Crippen LogP contribution in [0.2, 0.25) is 0 Å². The number of benzene rings is 2. The maximum Gasteiger partial charge on any atom is 0.240 e. The lowest BCUT2D eigenvalue weighted by Crippen LogP contribution is -2.28. The van der Waals surface area contributed by atoms with Crippen molar-refractivity contribution in [3.05, 3.63) is 65.7 Å². The molecule has 0 radical (unpaired) electrons.